The SMILES string of the molecule is CCOc1ccccc1C=C(C#N)c1nc(C)cs1. The van der Waals surface area contributed by atoms with Gasteiger partial charge in [0.25, 0.3) is 0 Å². The van der Waals surface area contributed by atoms with E-state index in [-0.39, 0.29) is 0 Å². The molecule has 0 N–H and O–H groups in total. The Labute approximate surface area is 116 Å². The van der Waals surface area contributed by atoms with Crippen molar-refractivity contribution in [2.75, 3.05) is 6.61 Å². The predicted octanol–water partition coefficient (Wildman–Crippen LogP) is 3.91. The fraction of sp³-hybridized carbons (Fsp3) is 0.200. The van der Waals surface area contributed by atoms with E-state index >= 15 is 0 Å². The zero-order valence-corrected chi connectivity index (χ0v) is 11.7. The van der Waals surface area contributed by atoms with Gasteiger partial charge in [-0.25, -0.2) is 4.98 Å². The van der Waals surface area contributed by atoms with Crippen LogP contribution in [0.25, 0.3) is 11.6 Å². The number of ether oxygens (including phenoxy) is 1. The molecule has 3 nitrogen and oxygen atoms in total. The highest BCUT2D eigenvalue weighted by atomic mass is 32.1. The van der Waals surface area contributed by atoms with Gasteiger partial charge < -0.3 is 4.74 Å². The maximum Gasteiger partial charge on any atom is 0.134 e. The standard InChI is InChI=1S/C15H14N2OS/c1-3-18-14-7-5-4-6-12(14)8-13(9-16)15-17-11(2)10-19-15/h4-8,10H,3H2,1-2H3. The molecule has 0 unspecified atom stereocenters. The van der Waals surface area contributed by atoms with Crippen LogP contribution in [0, 0.1) is 18.3 Å². The molecular weight excluding hydrogens is 256 g/mol. The molecule has 4 heteroatoms. The van der Waals surface area contributed by atoms with E-state index in [0.29, 0.717) is 12.2 Å². The first-order valence-electron chi connectivity index (χ1n) is 6.00. The van der Waals surface area contributed by atoms with Gasteiger partial charge in [0.15, 0.2) is 0 Å². The van der Waals surface area contributed by atoms with Gasteiger partial charge in [-0.2, -0.15) is 5.26 Å². The van der Waals surface area contributed by atoms with Crippen molar-refractivity contribution in [3.63, 3.8) is 0 Å². The summed E-state index contributed by atoms with van der Waals surface area (Å²) in [6.07, 6.45) is 1.82. The van der Waals surface area contributed by atoms with Gasteiger partial charge in [0.2, 0.25) is 0 Å². The maximum atomic E-state index is 9.28. The van der Waals surface area contributed by atoms with Crippen LogP contribution in [0.4, 0.5) is 0 Å². The van der Waals surface area contributed by atoms with Crippen LogP contribution in [0.3, 0.4) is 0 Å². The molecule has 0 radical (unpaired) electrons. The highest BCUT2D eigenvalue weighted by Crippen LogP contribution is 2.26. The van der Waals surface area contributed by atoms with Crippen molar-refractivity contribution in [3.8, 4) is 11.8 Å². The summed E-state index contributed by atoms with van der Waals surface area (Å²) in [4.78, 5) is 4.34. The van der Waals surface area contributed by atoms with Crippen molar-refractivity contribution in [2.24, 2.45) is 0 Å². The summed E-state index contributed by atoms with van der Waals surface area (Å²) in [6, 6.07) is 9.88. The first kappa shape index (κ1) is 13.3. The summed E-state index contributed by atoms with van der Waals surface area (Å²) >= 11 is 1.48. The average Bonchev–Trinajstić information content (AvgIpc) is 2.84. The van der Waals surface area contributed by atoms with Crippen molar-refractivity contribution in [1.82, 2.24) is 4.98 Å². The number of rotatable bonds is 4. The number of nitriles is 1. The second-order valence-electron chi connectivity index (χ2n) is 3.93. The van der Waals surface area contributed by atoms with Crippen molar-refractivity contribution in [3.05, 3.63) is 45.9 Å². The van der Waals surface area contributed by atoms with Crippen LogP contribution < -0.4 is 4.74 Å². The molecule has 2 aromatic rings. The van der Waals surface area contributed by atoms with Crippen LogP contribution in [0.15, 0.2) is 29.6 Å². The lowest BCUT2D eigenvalue weighted by atomic mass is 10.1. The lowest BCUT2D eigenvalue weighted by Crippen LogP contribution is -1.93. The molecule has 0 saturated carbocycles. The molecule has 0 spiro atoms. The second kappa shape index (κ2) is 6.17. The van der Waals surface area contributed by atoms with Crippen LogP contribution in [0.2, 0.25) is 0 Å². The van der Waals surface area contributed by atoms with Crippen molar-refractivity contribution in [1.29, 1.82) is 5.26 Å². The topological polar surface area (TPSA) is 45.9 Å². The van der Waals surface area contributed by atoms with Crippen LogP contribution in [0.1, 0.15) is 23.2 Å². The minimum absolute atomic E-state index is 0.560. The van der Waals surface area contributed by atoms with Gasteiger partial charge in [-0.1, -0.05) is 18.2 Å². The molecular formula is C15H14N2OS. The first-order valence-corrected chi connectivity index (χ1v) is 6.88. The molecule has 1 heterocycles. The van der Waals surface area contributed by atoms with Gasteiger partial charge in [0.05, 0.1) is 12.2 Å². The number of aromatic nitrogens is 1. The van der Waals surface area contributed by atoms with E-state index in [1.54, 1.807) is 0 Å². The van der Waals surface area contributed by atoms with Gasteiger partial charge >= 0.3 is 0 Å². The maximum absolute atomic E-state index is 9.28. The normalized spacial score (nSPS) is 11.1. The minimum atomic E-state index is 0.560. The van der Waals surface area contributed by atoms with Crippen LogP contribution >= 0.6 is 11.3 Å². The summed E-state index contributed by atoms with van der Waals surface area (Å²) in [5, 5.41) is 12.0. The van der Waals surface area contributed by atoms with Crippen molar-refractivity contribution in [2.45, 2.75) is 13.8 Å². The summed E-state index contributed by atoms with van der Waals surface area (Å²) in [7, 11) is 0. The Morgan fingerprint density at radius 1 is 1.47 bits per heavy atom. The Morgan fingerprint density at radius 2 is 2.26 bits per heavy atom. The third kappa shape index (κ3) is 3.21. The number of thiazole rings is 1. The van der Waals surface area contributed by atoms with Crippen LogP contribution in [-0.2, 0) is 0 Å². The summed E-state index contributed by atoms with van der Waals surface area (Å²) < 4.78 is 5.55. The third-order valence-electron chi connectivity index (χ3n) is 2.49. The number of hydrogen-bond acceptors (Lipinski definition) is 4. The highest BCUT2D eigenvalue weighted by Gasteiger charge is 2.07. The largest absolute Gasteiger partial charge is 0.493 e. The van der Waals surface area contributed by atoms with E-state index in [2.05, 4.69) is 11.1 Å². The zero-order chi connectivity index (χ0) is 13.7. The fourth-order valence-corrected chi connectivity index (χ4v) is 2.42. The van der Waals surface area contributed by atoms with Gasteiger partial charge in [-0.3, -0.25) is 0 Å². The number of hydrogen-bond donors (Lipinski definition) is 0. The molecule has 0 amide bonds. The number of aryl methyl sites for hydroxylation is 1. The molecule has 0 aliphatic rings. The van der Waals surface area contributed by atoms with E-state index in [4.69, 9.17) is 4.74 Å². The van der Waals surface area contributed by atoms with Gasteiger partial charge in [-0.05, 0) is 26.0 Å². The summed E-state index contributed by atoms with van der Waals surface area (Å²) in [5.41, 5.74) is 2.39. The number of allylic oxidation sites excluding steroid dienone is 1. The van der Waals surface area contributed by atoms with E-state index in [9.17, 15) is 5.26 Å². The molecule has 0 aliphatic carbocycles. The molecule has 1 aromatic carbocycles. The number of nitrogens with zero attached hydrogens (tertiary/aromatic N) is 2. The van der Waals surface area contributed by atoms with Crippen LogP contribution in [0.5, 0.6) is 5.75 Å². The van der Waals surface area contributed by atoms with Crippen molar-refractivity contribution >= 4 is 23.0 Å². The van der Waals surface area contributed by atoms with E-state index in [1.165, 1.54) is 11.3 Å². The Bertz CT molecular complexity index is 638. The number of para-hydroxylation sites is 1. The predicted molar refractivity (Wildman–Crippen MR) is 77.9 cm³/mol. The molecule has 19 heavy (non-hydrogen) atoms. The quantitative estimate of drug-likeness (QED) is 0.791. The molecule has 0 bridgehead atoms. The Balaban J connectivity index is 2.41. The number of benzene rings is 1. The van der Waals surface area contributed by atoms with Crippen molar-refractivity contribution < 1.29 is 4.74 Å². The molecule has 0 fully saturated rings. The zero-order valence-electron chi connectivity index (χ0n) is 10.9. The molecule has 0 atom stereocenters. The average molecular weight is 270 g/mol. The fourth-order valence-electron chi connectivity index (χ4n) is 1.66. The van der Waals surface area contributed by atoms with Gasteiger partial charge in [-0.15, -0.1) is 11.3 Å². The molecule has 0 saturated heterocycles. The lowest BCUT2D eigenvalue weighted by molar-refractivity contribution is 0.339. The molecule has 96 valence electrons. The Morgan fingerprint density at radius 3 is 2.89 bits per heavy atom. The molecule has 2 rings (SSSR count). The monoisotopic (exact) mass is 270 g/mol. The Kier molecular flexibility index (Phi) is 4.32. The minimum Gasteiger partial charge on any atom is -0.493 e. The Hall–Kier alpha value is -2.12. The van der Waals surface area contributed by atoms with E-state index in [1.807, 2.05) is 49.6 Å². The van der Waals surface area contributed by atoms with Crippen LogP contribution in [-0.4, -0.2) is 11.6 Å². The van der Waals surface area contributed by atoms with E-state index in [0.717, 1.165) is 22.0 Å². The molecule has 0 aliphatic heterocycles. The lowest BCUT2D eigenvalue weighted by Gasteiger charge is -2.06. The molecule has 1 aromatic heterocycles. The second-order valence-corrected chi connectivity index (χ2v) is 4.79. The van der Waals surface area contributed by atoms with Gasteiger partial charge in [0.1, 0.15) is 16.8 Å². The summed E-state index contributed by atoms with van der Waals surface area (Å²) in [6.45, 7) is 4.46. The van der Waals surface area contributed by atoms with Gasteiger partial charge in [0, 0.05) is 16.6 Å². The first-order chi connectivity index (χ1) is 9.24. The third-order valence-corrected chi connectivity index (χ3v) is 3.48. The smallest absolute Gasteiger partial charge is 0.134 e. The summed E-state index contributed by atoms with van der Waals surface area (Å²) in [5.74, 6) is 0.783. The highest BCUT2D eigenvalue weighted by molar-refractivity contribution is 7.11. The van der Waals surface area contributed by atoms with E-state index < -0.39 is 0 Å².